The number of ether oxygens (including phenoxy) is 1. The lowest BCUT2D eigenvalue weighted by molar-refractivity contribution is 0.111. The fourth-order valence-corrected chi connectivity index (χ4v) is 4.11. The normalized spacial score (nSPS) is 18.9. The van der Waals surface area contributed by atoms with Crippen molar-refractivity contribution in [3.8, 4) is 5.75 Å². The fraction of sp³-hybridized carbons (Fsp3) is 0.556. The van der Waals surface area contributed by atoms with Crippen LogP contribution >= 0.6 is 0 Å². The number of halogens is 2. The van der Waals surface area contributed by atoms with Gasteiger partial charge in [0.25, 0.3) is 0 Å². The van der Waals surface area contributed by atoms with Crippen molar-refractivity contribution in [2.75, 3.05) is 0 Å². The van der Waals surface area contributed by atoms with Crippen LogP contribution < -0.4 is 4.74 Å². The van der Waals surface area contributed by atoms with Gasteiger partial charge in [-0.15, -0.1) is 0 Å². The van der Waals surface area contributed by atoms with Crippen LogP contribution in [0, 0.1) is 18.8 Å². The Labute approximate surface area is 181 Å². The van der Waals surface area contributed by atoms with Crippen molar-refractivity contribution in [2.24, 2.45) is 11.8 Å². The third-order valence-electron chi connectivity index (χ3n) is 6.08. The number of unbranched alkanes of at least 4 members (excludes halogenated alkanes) is 1. The molecule has 0 radical (unpaired) electrons. The number of rotatable bonds is 8. The van der Waals surface area contributed by atoms with Crippen molar-refractivity contribution in [1.29, 1.82) is 0 Å². The Kier molecular flexibility index (Phi) is 10.3. The number of hydrogen-bond acceptors (Lipinski definition) is 1. The molecule has 3 heteroatoms. The minimum absolute atomic E-state index is 0.200. The molecule has 3 rings (SSSR count). The molecule has 0 aromatic heterocycles. The Hall–Kier alpha value is -1.90. The van der Waals surface area contributed by atoms with Crippen molar-refractivity contribution in [1.82, 2.24) is 0 Å². The predicted molar refractivity (Wildman–Crippen MR) is 122 cm³/mol. The van der Waals surface area contributed by atoms with E-state index in [-0.39, 0.29) is 6.10 Å². The third-order valence-corrected chi connectivity index (χ3v) is 6.08. The predicted octanol–water partition coefficient (Wildman–Crippen LogP) is 8.56. The minimum atomic E-state index is -2.17. The Morgan fingerprint density at radius 1 is 1.00 bits per heavy atom. The Bertz CT molecular complexity index is 723. The summed E-state index contributed by atoms with van der Waals surface area (Å²) in [6.45, 7) is 7.63. The Morgan fingerprint density at radius 2 is 1.67 bits per heavy atom. The summed E-state index contributed by atoms with van der Waals surface area (Å²) in [4.78, 5) is 0. The summed E-state index contributed by atoms with van der Waals surface area (Å²) in [6.07, 6.45) is 7.10. The molecule has 0 N–H and O–H groups in total. The molecular weight excluding hydrogens is 378 g/mol. The molecule has 2 aromatic rings. The molecule has 0 saturated carbocycles. The first kappa shape index (κ1) is 24.4. The summed E-state index contributed by atoms with van der Waals surface area (Å²) >= 11 is 0. The first-order valence-corrected chi connectivity index (χ1v) is 11.5. The first-order chi connectivity index (χ1) is 14.4. The highest BCUT2D eigenvalue weighted by Crippen LogP contribution is 2.40. The van der Waals surface area contributed by atoms with E-state index in [1.165, 1.54) is 61.6 Å². The monoisotopic (exact) mass is 416 g/mol. The quantitative estimate of drug-likeness (QED) is 0.392. The molecule has 3 atom stereocenters. The van der Waals surface area contributed by atoms with Crippen LogP contribution in [-0.2, 0) is 6.42 Å². The zero-order valence-electron chi connectivity index (χ0n) is 19.0. The molecule has 0 fully saturated rings. The van der Waals surface area contributed by atoms with Gasteiger partial charge in [-0.05, 0) is 62.3 Å². The smallest absolute Gasteiger partial charge is 0.235 e. The van der Waals surface area contributed by atoms with Gasteiger partial charge in [0.15, 0.2) is 0 Å². The number of aryl methyl sites for hydroxylation is 2. The summed E-state index contributed by atoms with van der Waals surface area (Å²) in [5.41, 5.74) is 4.16. The zero-order chi connectivity index (χ0) is 21.9. The second kappa shape index (κ2) is 12.7. The number of hydrogen-bond donors (Lipinski definition) is 0. The summed E-state index contributed by atoms with van der Waals surface area (Å²) in [6, 6.07) is 17.4. The van der Waals surface area contributed by atoms with Crippen LogP contribution in [0.1, 0.15) is 82.1 Å². The van der Waals surface area contributed by atoms with E-state index in [0.717, 1.165) is 18.6 Å². The molecule has 30 heavy (non-hydrogen) atoms. The molecule has 0 heterocycles. The molecule has 0 aliphatic heterocycles. The highest BCUT2D eigenvalue weighted by atomic mass is 19.3. The van der Waals surface area contributed by atoms with Crippen molar-refractivity contribution in [3.63, 3.8) is 0 Å². The average Bonchev–Trinajstić information content (AvgIpc) is 2.73. The van der Waals surface area contributed by atoms with Crippen LogP contribution in [0.5, 0.6) is 5.75 Å². The van der Waals surface area contributed by atoms with E-state index in [1.54, 1.807) is 0 Å². The van der Waals surface area contributed by atoms with Gasteiger partial charge in [-0.2, -0.15) is 0 Å². The van der Waals surface area contributed by atoms with E-state index in [9.17, 15) is 8.78 Å². The summed E-state index contributed by atoms with van der Waals surface area (Å²) in [5.74, 6) is 2.49. The molecule has 1 aliphatic rings. The van der Waals surface area contributed by atoms with Crippen LogP contribution in [0.15, 0.2) is 48.5 Å². The third kappa shape index (κ3) is 8.08. The number of alkyl halides is 2. The van der Waals surface area contributed by atoms with Crippen LogP contribution in [-0.4, -0.2) is 6.43 Å². The van der Waals surface area contributed by atoms with Gasteiger partial charge in [0.2, 0.25) is 6.43 Å². The summed E-state index contributed by atoms with van der Waals surface area (Å²) < 4.78 is 27.2. The molecule has 0 bridgehead atoms. The van der Waals surface area contributed by atoms with Crippen molar-refractivity contribution in [2.45, 2.75) is 85.2 Å². The van der Waals surface area contributed by atoms with E-state index in [4.69, 9.17) is 4.74 Å². The van der Waals surface area contributed by atoms with Gasteiger partial charge < -0.3 is 4.74 Å². The zero-order valence-corrected chi connectivity index (χ0v) is 19.0. The number of benzene rings is 2. The van der Waals surface area contributed by atoms with Gasteiger partial charge in [-0.3, -0.25) is 0 Å². The van der Waals surface area contributed by atoms with Crippen LogP contribution in [0.25, 0.3) is 0 Å². The van der Waals surface area contributed by atoms with E-state index in [0.29, 0.717) is 5.92 Å². The fourth-order valence-electron chi connectivity index (χ4n) is 4.11. The number of fused-ring (bicyclic) bond motifs is 1. The first-order valence-electron chi connectivity index (χ1n) is 11.5. The van der Waals surface area contributed by atoms with Gasteiger partial charge in [0.1, 0.15) is 11.9 Å². The topological polar surface area (TPSA) is 9.23 Å². The lowest BCUT2D eigenvalue weighted by atomic mass is 9.78. The standard InChI is InChI=1S/C25H34O.C2H4F2/c1-4-19(2)9-5-6-11-22-16-15-21-10-7-8-12-24(21)25(22)26-23-17-13-20(3)14-18-23;1-2(3)4/h7-8,10,12-14,17-19,22,25H,4-6,9,11,15-16H2,1-3H3;2H,1H3/t19-,22?,25-;/m1./s1. The maximum atomic E-state index is 10.3. The molecule has 166 valence electrons. The van der Waals surface area contributed by atoms with Crippen molar-refractivity contribution < 1.29 is 13.5 Å². The highest BCUT2D eigenvalue weighted by Gasteiger charge is 2.30. The Morgan fingerprint density at radius 3 is 2.33 bits per heavy atom. The summed E-state index contributed by atoms with van der Waals surface area (Å²) in [7, 11) is 0. The second-order valence-electron chi connectivity index (χ2n) is 8.67. The maximum Gasteiger partial charge on any atom is 0.235 e. The van der Waals surface area contributed by atoms with E-state index < -0.39 is 6.43 Å². The molecule has 1 nitrogen and oxygen atoms in total. The molecule has 2 aromatic carbocycles. The van der Waals surface area contributed by atoms with Gasteiger partial charge in [0.05, 0.1) is 0 Å². The highest BCUT2D eigenvalue weighted by molar-refractivity contribution is 5.34. The second-order valence-corrected chi connectivity index (χ2v) is 8.67. The molecule has 0 amide bonds. The van der Waals surface area contributed by atoms with E-state index >= 15 is 0 Å². The maximum absolute atomic E-state index is 10.3. The molecule has 0 saturated heterocycles. The van der Waals surface area contributed by atoms with Crippen LogP contribution in [0.2, 0.25) is 0 Å². The van der Waals surface area contributed by atoms with Gasteiger partial charge in [0, 0.05) is 5.92 Å². The van der Waals surface area contributed by atoms with Gasteiger partial charge in [-0.1, -0.05) is 81.5 Å². The van der Waals surface area contributed by atoms with E-state index in [2.05, 4.69) is 69.3 Å². The molecular formula is C27H38F2O. The lowest BCUT2D eigenvalue weighted by Crippen LogP contribution is -2.25. The average molecular weight is 417 g/mol. The SMILES string of the molecule is CC(F)F.CC[C@@H](C)CCCCC1CCc2ccccc2[C@@H]1Oc1ccc(C)cc1. The van der Waals surface area contributed by atoms with Crippen LogP contribution in [0.4, 0.5) is 8.78 Å². The van der Waals surface area contributed by atoms with Crippen molar-refractivity contribution >= 4 is 0 Å². The van der Waals surface area contributed by atoms with Crippen LogP contribution in [0.3, 0.4) is 0 Å². The van der Waals surface area contributed by atoms with E-state index in [1.807, 2.05) is 0 Å². The summed E-state index contributed by atoms with van der Waals surface area (Å²) in [5, 5.41) is 0. The largest absolute Gasteiger partial charge is 0.485 e. The Balaban J connectivity index is 0.000000735. The molecule has 0 spiro atoms. The van der Waals surface area contributed by atoms with Crippen molar-refractivity contribution in [3.05, 3.63) is 65.2 Å². The molecule has 1 unspecified atom stereocenters. The van der Waals surface area contributed by atoms with Gasteiger partial charge in [-0.25, -0.2) is 8.78 Å². The molecule has 1 aliphatic carbocycles. The minimum Gasteiger partial charge on any atom is -0.485 e. The van der Waals surface area contributed by atoms with Gasteiger partial charge >= 0.3 is 0 Å². The lowest BCUT2D eigenvalue weighted by Gasteiger charge is -2.34.